The Morgan fingerprint density at radius 2 is 2.33 bits per heavy atom. The van der Waals surface area contributed by atoms with Crippen molar-refractivity contribution in [2.45, 2.75) is 31.6 Å². The first-order valence-electron chi connectivity index (χ1n) is 7.66. The summed E-state index contributed by atoms with van der Waals surface area (Å²) in [5.74, 6) is -0.436. The zero-order valence-corrected chi connectivity index (χ0v) is 13.5. The summed E-state index contributed by atoms with van der Waals surface area (Å²) in [5, 5.41) is 10.3. The fourth-order valence-electron chi connectivity index (χ4n) is 3.45. The zero-order chi connectivity index (χ0) is 15.0. The SMILES string of the molecule is CN1CCC(CN(C)c2nc3c(s2)CCCC3C(=O)O)C1. The Morgan fingerprint density at radius 3 is 3.00 bits per heavy atom. The van der Waals surface area contributed by atoms with Gasteiger partial charge in [0.25, 0.3) is 0 Å². The molecule has 2 heterocycles. The summed E-state index contributed by atoms with van der Waals surface area (Å²) in [4.78, 5) is 21.8. The van der Waals surface area contributed by atoms with Gasteiger partial charge >= 0.3 is 5.97 Å². The first-order chi connectivity index (χ1) is 10.0. The van der Waals surface area contributed by atoms with Crippen LogP contribution in [0.1, 0.15) is 35.8 Å². The Kier molecular flexibility index (Phi) is 4.17. The van der Waals surface area contributed by atoms with Crippen LogP contribution in [0, 0.1) is 5.92 Å². The van der Waals surface area contributed by atoms with Crippen molar-refractivity contribution in [1.82, 2.24) is 9.88 Å². The number of hydrogen-bond donors (Lipinski definition) is 1. The number of anilines is 1. The summed E-state index contributed by atoms with van der Waals surface area (Å²) in [6, 6.07) is 0. The van der Waals surface area contributed by atoms with Gasteiger partial charge in [-0.25, -0.2) is 4.98 Å². The fraction of sp³-hybridized carbons (Fsp3) is 0.733. The molecule has 2 unspecified atom stereocenters. The Balaban J connectivity index is 1.73. The van der Waals surface area contributed by atoms with Crippen molar-refractivity contribution in [3.05, 3.63) is 10.6 Å². The van der Waals surface area contributed by atoms with E-state index in [1.54, 1.807) is 11.3 Å². The van der Waals surface area contributed by atoms with Crippen molar-refractivity contribution < 1.29 is 9.90 Å². The summed E-state index contributed by atoms with van der Waals surface area (Å²) in [5.41, 5.74) is 0.823. The number of aryl methyl sites for hydroxylation is 1. The highest BCUT2D eigenvalue weighted by Crippen LogP contribution is 2.38. The maximum atomic E-state index is 11.4. The minimum Gasteiger partial charge on any atom is -0.481 e. The Labute approximate surface area is 129 Å². The third-order valence-corrected chi connectivity index (χ3v) is 5.83. The van der Waals surface area contributed by atoms with Crippen molar-refractivity contribution in [2.75, 3.05) is 38.6 Å². The van der Waals surface area contributed by atoms with Gasteiger partial charge in [-0.05, 0) is 45.2 Å². The molecular formula is C15H23N3O2S. The summed E-state index contributed by atoms with van der Waals surface area (Å²) >= 11 is 1.69. The zero-order valence-electron chi connectivity index (χ0n) is 12.7. The highest BCUT2D eigenvalue weighted by molar-refractivity contribution is 7.15. The van der Waals surface area contributed by atoms with Crippen LogP contribution in [0.5, 0.6) is 0 Å². The van der Waals surface area contributed by atoms with Crippen LogP contribution in [0.15, 0.2) is 0 Å². The summed E-state index contributed by atoms with van der Waals surface area (Å²) < 4.78 is 0. The van der Waals surface area contributed by atoms with E-state index >= 15 is 0 Å². The minimum absolute atomic E-state index is 0.398. The van der Waals surface area contributed by atoms with Crippen LogP contribution >= 0.6 is 11.3 Å². The van der Waals surface area contributed by atoms with Gasteiger partial charge in [0.05, 0.1) is 5.69 Å². The van der Waals surface area contributed by atoms with Crippen LogP contribution < -0.4 is 4.90 Å². The van der Waals surface area contributed by atoms with E-state index < -0.39 is 11.9 Å². The third kappa shape index (κ3) is 3.06. The molecule has 0 amide bonds. The lowest BCUT2D eigenvalue weighted by Crippen LogP contribution is -2.27. The lowest BCUT2D eigenvalue weighted by molar-refractivity contribution is -0.139. The molecule has 0 saturated carbocycles. The quantitative estimate of drug-likeness (QED) is 0.922. The Morgan fingerprint density at radius 1 is 1.52 bits per heavy atom. The summed E-state index contributed by atoms with van der Waals surface area (Å²) in [6.07, 6.45) is 3.91. The summed E-state index contributed by atoms with van der Waals surface area (Å²) in [7, 11) is 4.25. The number of likely N-dealkylation sites (tertiary alicyclic amines) is 1. The van der Waals surface area contributed by atoms with Crippen LogP contribution in [0.25, 0.3) is 0 Å². The maximum Gasteiger partial charge on any atom is 0.312 e. The predicted octanol–water partition coefficient (Wildman–Crippen LogP) is 2.04. The summed E-state index contributed by atoms with van der Waals surface area (Å²) in [6.45, 7) is 3.33. The van der Waals surface area contributed by atoms with Crippen molar-refractivity contribution in [3.8, 4) is 0 Å². The van der Waals surface area contributed by atoms with Crippen LogP contribution in [0.2, 0.25) is 0 Å². The van der Waals surface area contributed by atoms with Crippen LogP contribution in [0.3, 0.4) is 0 Å². The van der Waals surface area contributed by atoms with Gasteiger partial charge in [-0.1, -0.05) is 0 Å². The number of carboxylic acids is 1. The molecule has 1 N–H and O–H groups in total. The molecule has 1 aliphatic heterocycles. The van der Waals surface area contributed by atoms with Gasteiger partial charge in [0.1, 0.15) is 5.92 Å². The molecule has 1 fully saturated rings. The highest BCUT2D eigenvalue weighted by Gasteiger charge is 2.31. The van der Waals surface area contributed by atoms with Gasteiger partial charge in [-0.15, -0.1) is 11.3 Å². The number of aromatic nitrogens is 1. The molecule has 1 saturated heterocycles. The fourth-order valence-corrected chi connectivity index (χ4v) is 4.58. The monoisotopic (exact) mass is 309 g/mol. The molecule has 0 spiro atoms. The Bertz CT molecular complexity index is 531. The molecule has 5 nitrogen and oxygen atoms in total. The number of aliphatic carboxylic acids is 1. The topological polar surface area (TPSA) is 56.7 Å². The van der Waals surface area contributed by atoms with Gasteiger partial charge in [0.2, 0.25) is 0 Å². The average molecular weight is 309 g/mol. The second-order valence-electron chi connectivity index (χ2n) is 6.39. The van der Waals surface area contributed by atoms with E-state index in [1.807, 2.05) is 0 Å². The number of thiazole rings is 1. The van der Waals surface area contributed by atoms with Gasteiger partial charge < -0.3 is 14.9 Å². The molecule has 3 rings (SSSR count). The van der Waals surface area contributed by atoms with Gasteiger partial charge in [0.15, 0.2) is 5.13 Å². The molecule has 6 heteroatoms. The van der Waals surface area contributed by atoms with Crippen molar-refractivity contribution >= 4 is 22.4 Å². The first kappa shape index (κ1) is 14.8. The Hall–Kier alpha value is -1.14. The second kappa shape index (κ2) is 5.93. The van der Waals surface area contributed by atoms with E-state index in [0.29, 0.717) is 5.92 Å². The largest absolute Gasteiger partial charge is 0.481 e. The predicted molar refractivity (Wildman–Crippen MR) is 84.3 cm³/mol. The smallest absolute Gasteiger partial charge is 0.312 e. The van der Waals surface area contributed by atoms with E-state index in [0.717, 1.165) is 43.2 Å². The molecule has 2 atom stereocenters. The number of fused-ring (bicyclic) bond motifs is 1. The third-order valence-electron chi connectivity index (χ3n) is 4.59. The number of carbonyl (C=O) groups is 1. The molecular weight excluding hydrogens is 286 g/mol. The van der Waals surface area contributed by atoms with E-state index in [9.17, 15) is 9.90 Å². The lowest BCUT2D eigenvalue weighted by atomic mass is 9.91. The standard InChI is InChI=1S/C15H23N3O2S/c1-17-7-6-10(8-17)9-18(2)15-16-13-11(14(19)20)4-3-5-12(13)21-15/h10-11H,3-9H2,1-2H3,(H,19,20). The van der Waals surface area contributed by atoms with Crippen LogP contribution in [0.4, 0.5) is 5.13 Å². The molecule has 0 aromatic carbocycles. The van der Waals surface area contributed by atoms with Crippen molar-refractivity contribution in [2.24, 2.45) is 5.92 Å². The van der Waals surface area contributed by atoms with E-state index in [-0.39, 0.29) is 0 Å². The van der Waals surface area contributed by atoms with Crippen LogP contribution in [-0.2, 0) is 11.2 Å². The van der Waals surface area contributed by atoms with Gasteiger partial charge in [-0.3, -0.25) is 4.79 Å². The first-order valence-corrected chi connectivity index (χ1v) is 8.48. The molecule has 0 radical (unpaired) electrons. The molecule has 1 aliphatic carbocycles. The number of rotatable bonds is 4. The minimum atomic E-state index is -0.729. The number of nitrogens with zero attached hydrogens (tertiary/aromatic N) is 3. The van der Waals surface area contributed by atoms with E-state index in [4.69, 9.17) is 0 Å². The van der Waals surface area contributed by atoms with Gasteiger partial charge in [0, 0.05) is 25.0 Å². The molecule has 1 aromatic heterocycles. The number of hydrogen-bond acceptors (Lipinski definition) is 5. The molecule has 0 bridgehead atoms. The highest BCUT2D eigenvalue weighted by atomic mass is 32.1. The second-order valence-corrected chi connectivity index (χ2v) is 7.45. The van der Waals surface area contributed by atoms with Crippen molar-refractivity contribution in [1.29, 1.82) is 0 Å². The maximum absolute atomic E-state index is 11.4. The average Bonchev–Trinajstić information content (AvgIpc) is 3.04. The van der Waals surface area contributed by atoms with E-state index in [1.165, 1.54) is 17.8 Å². The number of carboxylic acid groups (broad SMARTS) is 1. The molecule has 116 valence electrons. The lowest BCUT2D eigenvalue weighted by Gasteiger charge is -2.20. The van der Waals surface area contributed by atoms with E-state index in [2.05, 4.69) is 28.9 Å². The van der Waals surface area contributed by atoms with Crippen molar-refractivity contribution in [3.63, 3.8) is 0 Å². The molecule has 1 aromatic rings. The molecule has 2 aliphatic rings. The van der Waals surface area contributed by atoms with Crippen LogP contribution in [-0.4, -0.2) is 54.7 Å². The van der Waals surface area contributed by atoms with Gasteiger partial charge in [-0.2, -0.15) is 0 Å². The molecule has 21 heavy (non-hydrogen) atoms. The normalized spacial score (nSPS) is 25.8.